The summed E-state index contributed by atoms with van der Waals surface area (Å²) in [4.78, 5) is 49.2. The maximum absolute atomic E-state index is 13.0. The smallest absolute Gasteiger partial charge is 0.328 e. The van der Waals surface area contributed by atoms with Crippen LogP contribution in [-0.2, 0) is 19.2 Å². The SMILES string of the molecule is CCC(C)C(NC(=O)C(N)CC(C)C)C(=O)NC(CC(C)C)C(=O)NC(CO)C(=O)O. The summed E-state index contributed by atoms with van der Waals surface area (Å²) in [5.41, 5.74) is 5.93. The molecular weight excluding hydrogens is 404 g/mol. The van der Waals surface area contributed by atoms with Gasteiger partial charge in [-0.05, 0) is 30.6 Å². The molecular formula is C21H40N4O6. The van der Waals surface area contributed by atoms with Crippen LogP contribution in [0, 0.1) is 17.8 Å². The van der Waals surface area contributed by atoms with Crippen molar-refractivity contribution in [3.8, 4) is 0 Å². The minimum absolute atomic E-state index is 0.0181. The highest BCUT2D eigenvalue weighted by atomic mass is 16.4. The Labute approximate surface area is 184 Å². The normalized spacial score (nSPS) is 16.2. The summed E-state index contributed by atoms with van der Waals surface area (Å²) >= 11 is 0. The van der Waals surface area contributed by atoms with Gasteiger partial charge >= 0.3 is 5.97 Å². The van der Waals surface area contributed by atoms with Gasteiger partial charge in [-0.3, -0.25) is 14.4 Å². The van der Waals surface area contributed by atoms with Gasteiger partial charge in [-0.1, -0.05) is 48.0 Å². The van der Waals surface area contributed by atoms with Crippen LogP contribution in [0.4, 0.5) is 0 Å². The minimum Gasteiger partial charge on any atom is -0.480 e. The first-order valence-electron chi connectivity index (χ1n) is 10.8. The molecule has 10 nitrogen and oxygen atoms in total. The molecule has 0 rings (SSSR count). The topological polar surface area (TPSA) is 171 Å². The summed E-state index contributed by atoms with van der Waals surface area (Å²) in [6.45, 7) is 10.5. The summed E-state index contributed by atoms with van der Waals surface area (Å²) in [6.07, 6.45) is 1.32. The lowest BCUT2D eigenvalue weighted by Crippen LogP contribution is -2.59. The second-order valence-corrected chi connectivity index (χ2v) is 8.88. The van der Waals surface area contributed by atoms with Crippen molar-refractivity contribution in [2.45, 2.75) is 85.0 Å². The van der Waals surface area contributed by atoms with Gasteiger partial charge in [0.2, 0.25) is 17.7 Å². The first-order chi connectivity index (χ1) is 14.3. The summed E-state index contributed by atoms with van der Waals surface area (Å²) < 4.78 is 0. The second-order valence-electron chi connectivity index (χ2n) is 8.88. The Hall–Kier alpha value is -2.20. The summed E-state index contributed by atoms with van der Waals surface area (Å²) in [5, 5.41) is 25.8. The molecule has 5 unspecified atom stereocenters. The molecule has 7 N–H and O–H groups in total. The average Bonchev–Trinajstić information content (AvgIpc) is 2.67. The van der Waals surface area contributed by atoms with Crippen LogP contribution in [-0.4, -0.2) is 64.7 Å². The number of carboxylic acid groups (broad SMARTS) is 1. The Kier molecular flexibility index (Phi) is 13.0. The lowest BCUT2D eigenvalue weighted by atomic mass is 9.95. The van der Waals surface area contributed by atoms with E-state index in [1.165, 1.54) is 0 Å². The predicted molar refractivity (Wildman–Crippen MR) is 117 cm³/mol. The molecule has 0 aliphatic heterocycles. The van der Waals surface area contributed by atoms with Gasteiger partial charge in [0.1, 0.15) is 18.1 Å². The fraction of sp³-hybridized carbons (Fsp3) is 0.810. The molecule has 0 aliphatic rings. The number of carbonyl (C=O) groups is 4. The van der Waals surface area contributed by atoms with E-state index in [1.54, 1.807) is 0 Å². The molecule has 0 saturated heterocycles. The fourth-order valence-electron chi connectivity index (χ4n) is 3.00. The average molecular weight is 445 g/mol. The van der Waals surface area contributed by atoms with Crippen molar-refractivity contribution >= 4 is 23.7 Å². The molecule has 3 amide bonds. The molecule has 0 aromatic carbocycles. The molecule has 0 radical (unpaired) electrons. The number of aliphatic carboxylic acids is 1. The van der Waals surface area contributed by atoms with Crippen molar-refractivity contribution in [3.63, 3.8) is 0 Å². The zero-order valence-electron chi connectivity index (χ0n) is 19.5. The van der Waals surface area contributed by atoms with Crippen molar-refractivity contribution < 1.29 is 29.4 Å². The molecule has 10 heteroatoms. The molecule has 0 heterocycles. The number of nitrogens with two attached hydrogens (primary N) is 1. The number of hydrogen-bond acceptors (Lipinski definition) is 6. The summed E-state index contributed by atoms with van der Waals surface area (Å²) in [5.74, 6) is -3.07. The zero-order valence-corrected chi connectivity index (χ0v) is 19.5. The van der Waals surface area contributed by atoms with Crippen LogP contribution in [0.5, 0.6) is 0 Å². The van der Waals surface area contributed by atoms with Gasteiger partial charge in [-0.25, -0.2) is 4.79 Å². The van der Waals surface area contributed by atoms with Gasteiger partial charge in [-0.15, -0.1) is 0 Å². The van der Waals surface area contributed by atoms with E-state index in [-0.39, 0.29) is 24.2 Å². The molecule has 0 aliphatic carbocycles. The monoisotopic (exact) mass is 444 g/mol. The largest absolute Gasteiger partial charge is 0.480 e. The maximum atomic E-state index is 13.0. The van der Waals surface area contributed by atoms with Gasteiger partial charge in [0.25, 0.3) is 0 Å². The van der Waals surface area contributed by atoms with Crippen molar-refractivity contribution in [2.24, 2.45) is 23.5 Å². The fourth-order valence-corrected chi connectivity index (χ4v) is 3.00. The number of amides is 3. The molecule has 0 spiro atoms. The van der Waals surface area contributed by atoms with Crippen molar-refractivity contribution in [1.29, 1.82) is 0 Å². The van der Waals surface area contributed by atoms with Gasteiger partial charge < -0.3 is 31.9 Å². The number of aliphatic hydroxyl groups excluding tert-OH is 1. The molecule has 180 valence electrons. The molecule has 0 fully saturated rings. The highest BCUT2D eigenvalue weighted by Gasteiger charge is 2.32. The van der Waals surface area contributed by atoms with E-state index in [9.17, 15) is 19.2 Å². The number of hydrogen-bond donors (Lipinski definition) is 6. The molecule has 5 atom stereocenters. The number of aliphatic hydroxyl groups is 1. The van der Waals surface area contributed by atoms with Gasteiger partial charge in [0.05, 0.1) is 12.6 Å². The Balaban J connectivity index is 5.46. The molecule has 0 bridgehead atoms. The van der Waals surface area contributed by atoms with Gasteiger partial charge in [0.15, 0.2) is 0 Å². The lowest BCUT2D eigenvalue weighted by Gasteiger charge is -2.28. The first kappa shape index (κ1) is 28.8. The number of carboxylic acids is 1. The Morgan fingerprint density at radius 2 is 1.32 bits per heavy atom. The number of carbonyl (C=O) groups excluding carboxylic acids is 3. The highest BCUT2D eigenvalue weighted by Crippen LogP contribution is 2.12. The van der Waals surface area contributed by atoms with Crippen LogP contribution in [0.25, 0.3) is 0 Å². The van der Waals surface area contributed by atoms with Crippen LogP contribution in [0.2, 0.25) is 0 Å². The van der Waals surface area contributed by atoms with E-state index in [0.29, 0.717) is 12.8 Å². The molecule has 0 aromatic heterocycles. The third-order valence-corrected chi connectivity index (χ3v) is 4.99. The van der Waals surface area contributed by atoms with E-state index in [1.807, 2.05) is 41.5 Å². The van der Waals surface area contributed by atoms with Crippen LogP contribution < -0.4 is 21.7 Å². The highest BCUT2D eigenvalue weighted by molar-refractivity contribution is 5.94. The predicted octanol–water partition coefficient (Wildman–Crippen LogP) is -0.0167. The first-order valence-corrected chi connectivity index (χ1v) is 10.8. The molecule has 0 aromatic rings. The Morgan fingerprint density at radius 1 is 0.806 bits per heavy atom. The van der Waals surface area contributed by atoms with Crippen LogP contribution in [0.3, 0.4) is 0 Å². The van der Waals surface area contributed by atoms with E-state index in [4.69, 9.17) is 15.9 Å². The van der Waals surface area contributed by atoms with Crippen LogP contribution >= 0.6 is 0 Å². The second kappa shape index (κ2) is 14.0. The standard InChI is InChI=1S/C21H40N4O6/c1-7-13(6)17(25-18(27)14(22)8-11(2)3)20(29)23-15(9-12(4)5)19(28)24-16(10-26)21(30)31/h11-17,26H,7-10,22H2,1-6H3,(H,23,29)(H,24,28)(H,25,27)(H,30,31). The third kappa shape index (κ3) is 10.6. The van der Waals surface area contributed by atoms with Crippen LogP contribution in [0.1, 0.15) is 60.8 Å². The summed E-state index contributed by atoms with van der Waals surface area (Å²) in [6, 6.07) is -4.15. The third-order valence-electron chi connectivity index (χ3n) is 4.99. The summed E-state index contributed by atoms with van der Waals surface area (Å²) in [7, 11) is 0. The van der Waals surface area contributed by atoms with E-state index in [2.05, 4.69) is 16.0 Å². The molecule has 0 saturated carbocycles. The lowest BCUT2D eigenvalue weighted by molar-refractivity contribution is -0.143. The molecule has 31 heavy (non-hydrogen) atoms. The van der Waals surface area contributed by atoms with Crippen molar-refractivity contribution in [3.05, 3.63) is 0 Å². The quantitative estimate of drug-likeness (QED) is 0.219. The van der Waals surface area contributed by atoms with Crippen molar-refractivity contribution in [2.75, 3.05) is 6.61 Å². The van der Waals surface area contributed by atoms with E-state index >= 15 is 0 Å². The van der Waals surface area contributed by atoms with E-state index in [0.717, 1.165) is 0 Å². The van der Waals surface area contributed by atoms with Gasteiger partial charge in [0, 0.05) is 0 Å². The van der Waals surface area contributed by atoms with Crippen molar-refractivity contribution in [1.82, 2.24) is 16.0 Å². The zero-order chi connectivity index (χ0) is 24.3. The van der Waals surface area contributed by atoms with Gasteiger partial charge in [-0.2, -0.15) is 0 Å². The van der Waals surface area contributed by atoms with E-state index < -0.39 is 54.5 Å². The number of rotatable bonds is 14. The number of nitrogens with one attached hydrogen (secondary N) is 3. The Bertz CT molecular complexity index is 611. The maximum Gasteiger partial charge on any atom is 0.328 e. The Morgan fingerprint density at radius 3 is 1.74 bits per heavy atom. The minimum atomic E-state index is -1.47. The van der Waals surface area contributed by atoms with Crippen LogP contribution in [0.15, 0.2) is 0 Å².